The van der Waals surface area contributed by atoms with Gasteiger partial charge in [0.05, 0.1) is 12.7 Å². The molecule has 0 saturated carbocycles. The lowest BCUT2D eigenvalue weighted by Crippen LogP contribution is -2.52. The fraction of sp³-hybridized carbons (Fsp3) is 0.400. The van der Waals surface area contributed by atoms with Crippen molar-refractivity contribution >= 4 is 0 Å². The van der Waals surface area contributed by atoms with Crippen LogP contribution in [0.25, 0.3) is 0 Å². The van der Waals surface area contributed by atoms with Gasteiger partial charge in [0.1, 0.15) is 24.1 Å². The van der Waals surface area contributed by atoms with Gasteiger partial charge in [-0.2, -0.15) is 13.2 Å². The molecule has 158 valence electrons. The van der Waals surface area contributed by atoms with Crippen molar-refractivity contribution in [2.45, 2.75) is 43.4 Å². The van der Waals surface area contributed by atoms with Gasteiger partial charge < -0.3 is 24.8 Å². The highest BCUT2D eigenvalue weighted by Gasteiger charge is 2.45. The van der Waals surface area contributed by atoms with Gasteiger partial charge in [0.2, 0.25) is 0 Å². The molecule has 3 N–H and O–H groups in total. The molecule has 9 heteroatoms. The summed E-state index contributed by atoms with van der Waals surface area (Å²) in [5.74, 6) is 0.557. The lowest BCUT2D eigenvalue weighted by molar-refractivity contribution is -0.268. The van der Waals surface area contributed by atoms with Crippen molar-refractivity contribution in [1.82, 2.24) is 0 Å². The predicted molar refractivity (Wildman–Crippen MR) is 94.0 cm³/mol. The molecule has 1 aliphatic rings. The van der Waals surface area contributed by atoms with Gasteiger partial charge in [0, 0.05) is 0 Å². The summed E-state index contributed by atoms with van der Waals surface area (Å²) in [7, 11) is 1.47. The Morgan fingerprint density at radius 3 is 2.24 bits per heavy atom. The smallest absolute Gasteiger partial charge is 0.416 e. The Kier molecular flexibility index (Phi) is 6.13. The average molecular weight is 416 g/mol. The van der Waals surface area contributed by atoms with Crippen molar-refractivity contribution in [3.8, 4) is 5.75 Å². The van der Waals surface area contributed by atoms with Crippen LogP contribution in [0.3, 0.4) is 0 Å². The third-order valence-electron chi connectivity index (χ3n) is 4.86. The van der Waals surface area contributed by atoms with E-state index >= 15 is 0 Å². The Morgan fingerprint density at radius 1 is 1.00 bits per heavy atom. The topological polar surface area (TPSA) is 79.2 Å². The van der Waals surface area contributed by atoms with E-state index in [9.17, 15) is 32.9 Å². The monoisotopic (exact) mass is 416 g/mol. The first-order valence-corrected chi connectivity index (χ1v) is 8.78. The lowest BCUT2D eigenvalue weighted by atomic mass is 9.90. The molecule has 1 aliphatic heterocycles. The summed E-state index contributed by atoms with van der Waals surface area (Å²) in [6.45, 7) is 0. The number of hydrogen-bond acceptors (Lipinski definition) is 5. The van der Waals surface area contributed by atoms with Crippen molar-refractivity contribution < 1.29 is 42.4 Å². The molecule has 2 aromatic rings. The van der Waals surface area contributed by atoms with E-state index < -0.39 is 42.5 Å². The summed E-state index contributed by atoms with van der Waals surface area (Å²) >= 11 is 0. The van der Waals surface area contributed by atoms with Gasteiger partial charge in [-0.3, -0.25) is 0 Å². The number of rotatable bonds is 4. The van der Waals surface area contributed by atoms with Crippen LogP contribution < -0.4 is 4.74 Å². The Hall–Kier alpha value is -2.20. The number of benzene rings is 2. The van der Waals surface area contributed by atoms with Crippen LogP contribution in [-0.2, 0) is 17.3 Å². The van der Waals surface area contributed by atoms with E-state index in [1.54, 1.807) is 24.3 Å². The minimum Gasteiger partial charge on any atom is -0.497 e. The predicted octanol–water partition coefficient (Wildman–Crippen LogP) is 2.75. The largest absolute Gasteiger partial charge is 0.497 e. The number of aliphatic hydroxyl groups is 3. The van der Waals surface area contributed by atoms with Crippen LogP contribution in [0.1, 0.15) is 28.4 Å². The molecule has 3 rings (SSSR count). The molecule has 1 unspecified atom stereocenters. The van der Waals surface area contributed by atoms with Crippen LogP contribution in [0.2, 0.25) is 0 Å². The quantitative estimate of drug-likeness (QED) is 0.668. The molecule has 29 heavy (non-hydrogen) atoms. The zero-order valence-electron chi connectivity index (χ0n) is 15.3. The minimum atomic E-state index is -4.62. The Morgan fingerprint density at radius 2 is 1.66 bits per heavy atom. The minimum absolute atomic E-state index is 0.0770. The van der Waals surface area contributed by atoms with Gasteiger partial charge in [0.15, 0.2) is 12.5 Å². The van der Waals surface area contributed by atoms with Crippen molar-refractivity contribution in [3.05, 3.63) is 64.7 Å². The molecular weight excluding hydrogens is 396 g/mol. The third kappa shape index (κ3) is 4.53. The van der Waals surface area contributed by atoms with Crippen LogP contribution in [0.4, 0.5) is 17.6 Å². The molecule has 2 aromatic carbocycles. The first kappa shape index (κ1) is 21.5. The van der Waals surface area contributed by atoms with Gasteiger partial charge >= 0.3 is 6.18 Å². The third-order valence-corrected chi connectivity index (χ3v) is 4.86. The van der Waals surface area contributed by atoms with E-state index in [4.69, 9.17) is 9.47 Å². The van der Waals surface area contributed by atoms with E-state index in [-0.39, 0.29) is 17.5 Å². The number of hydrogen-bond donors (Lipinski definition) is 3. The molecule has 0 aliphatic carbocycles. The van der Waals surface area contributed by atoms with Crippen LogP contribution in [0, 0.1) is 0 Å². The van der Waals surface area contributed by atoms with E-state index in [1.807, 2.05) is 0 Å². The van der Waals surface area contributed by atoms with E-state index in [0.29, 0.717) is 11.3 Å². The van der Waals surface area contributed by atoms with E-state index in [2.05, 4.69) is 0 Å². The highest BCUT2D eigenvalue weighted by atomic mass is 19.4. The Bertz CT molecular complexity index is 840. The fourth-order valence-electron chi connectivity index (χ4n) is 3.29. The second kappa shape index (κ2) is 8.27. The fourth-order valence-corrected chi connectivity index (χ4v) is 3.29. The number of methoxy groups -OCH3 is 1. The zero-order valence-corrected chi connectivity index (χ0v) is 15.3. The van der Waals surface area contributed by atoms with Crippen molar-refractivity contribution in [1.29, 1.82) is 0 Å². The number of aliphatic hydroxyl groups excluding tert-OH is 3. The van der Waals surface area contributed by atoms with E-state index in [0.717, 1.165) is 12.1 Å². The maximum atomic E-state index is 13.6. The van der Waals surface area contributed by atoms with Crippen molar-refractivity contribution in [2.75, 3.05) is 7.11 Å². The summed E-state index contributed by atoms with van der Waals surface area (Å²) in [5, 5.41) is 29.4. The summed E-state index contributed by atoms with van der Waals surface area (Å²) in [6, 6.07) is 9.58. The molecule has 5 nitrogen and oxygen atoms in total. The summed E-state index contributed by atoms with van der Waals surface area (Å²) in [6.07, 6.45) is -14.0. The first-order valence-electron chi connectivity index (χ1n) is 8.78. The van der Waals surface area contributed by atoms with Gasteiger partial charge in [-0.15, -0.1) is 0 Å². The summed E-state index contributed by atoms with van der Waals surface area (Å²) < 4.78 is 64.0. The van der Waals surface area contributed by atoms with Crippen LogP contribution in [0.15, 0.2) is 42.5 Å². The number of alkyl halides is 4. The van der Waals surface area contributed by atoms with Crippen LogP contribution in [0.5, 0.6) is 5.75 Å². The molecule has 0 bridgehead atoms. The standard InChI is InChI=1S/C20H20F4O5/c1-28-13-5-2-10(3-6-13)8-12-9-11(4-7-14(12)20(22,23)24)18-17(26)16(25)15(21)19(27)29-18/h2-7,9,15-19,25-27H,8H2,1H3/t15?,16-,17+,18-,19-/m0/s1. The number of halogens is 4. The highest BCUT2D eigenvalue weighted by Crippen LogP contribution is 2.38. The average Bonchev–Trinajstić information content (AvgIpc) is 2.69. The molecule has 0 spiro atoms. The van der Waals surface area contributed by atoms with Crippen LogP contribution >= 0.6 is 0 Å². The molecule has 5 atom stereocenters. The SMILES string of the molecule is COc1ccc(Cc2cc([C@@H]3O[C@H](O)C(F)[C@H](O)[C@H]3O)ccc2C(F)(F)F)cc1. The molecule has 0 amide bonds. The van der Waals surface area contributed by atoms with Gasteiger partial charge in [-0.1, -0.05) is 24.3 Å². The molecular formula is C20H20F4O5. The van der Waals surface area contributed by atoms with Gasteiger partial charge in [-0.25, -0.2) is 4.39 Å². The normalized spacial score (nSPS) is 27.7. The summed E-state index contributed by atoms with van der Waals surface area (Å²) in [4.78, 5) is 0. The summed E-state index contributed by atoms with van der Waals surface area (Å²) in [5.41, 5.74) is -0.296. The van der Waals surface area contributed by atoms with Gasteiger partial charge in [-0.05, 0) is 41.3 Å². The second-order valence-electron chi connectivity index (χ2n) is 6.81. The molecule has 0 aromatic heterocycles. The number of ether oxygens (including phenoxy) is 2. The molecule has 1 fully saturated rings. The Balaban J connectivity index is 1.97. The van der Waals surface area contributed by atoms with Crippen molar-refractivity contribution in [2.24, 2.45) is 0 Å². The maximum absolute atomic E-state index is 13.6. The maximum Gasteiger partial charge on any atom is 0.416 e. The Labute approximate surface area is 164 Å². The van der Waals surface area contributed by atoms with Crippen LogP contribution in [-0.4, -0.2) is 47.1 Å². The molecule has 1 saturated heterocycles. The first-order chi connectivity index (χ1) is 13.6. The van der Waals surface area contributed by atoms with Crippen molar-refractivity contribution in [3.63, 3.8) is 0 Å². The lowest BCUT2D eigenvalue weighted by Gasteiger charge is -2.37. The molecule has 0 radical (unpaired) electrons. The second-order valence-corrected chi connectivity index (χ2v) is 6.81. The highest BCUT2D eigenvalue weighted by molar-refractivity contribution is 5.40. The molecule has 1 heterocycles. The van der Waals surface area contributed by atoms with Gasteiger partial charge in [0.25, 0.3) is 0 Å². The zero-order chi connectivity index (χ0) is 21.3. The van der Waals surface area contributed by atoms with E-state index in [1.165, 1.54) is 13.2 Å².